The van der Waals surface area contributed by atoms with Crippen LogP contribution in [-0.4, -0.2) is 53.5 Å². The summed E-state index contributed by atoms with van der Waals surface area (Å²) < 4.78 is 38.1. The van der Waals surface area contributed by atoms with Gasteiger partial charge in [-0.25, -0.2) is 18.2 Å². The van der Waals surface area contributed by atoms with Crippen LogP contribution in [0.5, 0.6) is 0 Å². The number of hydrogen-bond acceptors (Lipinski definition) is 6. The van der Waals surface area contributed by atoms with Crippen molar-refractivity contribution in [3.63, 3.8) is 0 Å². The third-order valence-corrected chi connectivity index (χ3v) is 3.46. The van der Waals surface area contributed by atoms with Gasteiger partial charge in [0.15, 0.2) is 0 Å². The van der Waals surface area contributed by atoms with Crippen molar-refractivity contribution in [3.05, 3.63) is 34.9 Å². The maximum Gasteiger partial charge on any atom is 0.257 e. The molecule has 1 aromatic rings. The molecule has 150 valence electrons. The highest BCUT2D eigenvalue weighted by atomic mass is 35.5. The molecule has 27 heavy (non-hydrogen) atoms. The number of carbonyl (C=O) groups is 1. The molecule has 0 bridgehead atoms. The zero-order valence-corrected chi connectivity index (χ0v) is 15.5. The topological polar surface area (TPSA) is 113 Å². The first-order valence-corrected chi connectivity index (χ1v) is 8.19. The number of halogens is 4. The van der Waals surface area contributed by atoms with Crippen LogP contribution in [0.3, 0.4) is 0 Å². The number of aromatic nitrogens is 1. The van der Waals surface area contributed by atoms with Crippen LogP contribution in [0.2, 0.25) is 5.15 Å². The van der Waals surface area contributed by atoms with Crippen molar-refractivity contribution in [1.82, 2.24) is 10.3 Å². The molecule has 0 aliphatic rings. The van der Waals surface area contributed by atoms with E-state index in [0.717, 1.165) is 18.6 Å². The second-order valence-corrected chi connectivity index (χ2v) is 6.40. The van der Waals surface area contributed by atoms with Gasteiger partial charge in [-0.3, -0.25) is 9.79 Å². The molecule has 5 N–H and O–H groups in total. The number of anilines is 1. The quantitative estimate of drug-likeness (QED) is 0.370. The second kappa shape index (κ2) is 10.1. The highest BCUT2D eigenvalue weighted by Gasteiger charge is 2.27. The number of nitrogens with zero attached hydrogens (tertiary/aromatic N) is 2. The number of amides is 1. The summed E-state index contributed by atoms with van der Waals surface area (Å²) >= 11 is 5.82. The van der Waals surface area contributed by atoms with Crippen molar-refractivity contribution in [3.8, 4) is 0 Å². The van der Waals surface area contributed by atoms with Gasteiger partial charge in [0, 0.05) is 18.6 Å². The van der Waals surface area contributed by atoms with Gasteiger partial charge in [0.25, 0.3) is 12.3 Å². The van der Waals surface area contributed by atoms with E-state index in [2.05, 4.69) is 20.6 Å². The molecule has 0 spiro atoms. The molecule has 0 aliphatic carbocycles. The normalized spacial score (nSPS) is 13.9. The third-order valence-electron chi connectivity index (χ3n) is 3.26. The highest BCUT2D eigenvalue weighted by Crippen LogP contribution is 2.20. The van der Waals surface area contributed by atoms with E-state index in [9.17, 15) is 23.1 Å². The summed E-state index contributed by atoms with van der Waals surface area (Å²) in [6, 6.07) is 1.31. The first kappa shape index (κ1) is 22.7. The first-order chi connectivity index (χ1) is 12.5. The van der Waals surface area contributed by atoms with Crippen molar-refractivity contribution in [2.45, 2.75) is 32.0 Å². The predicted octanol–water partition coefficient (Wildman–Crippen LogP) is 2.12. The molecule has 1 rings (SSSR count). The van der Waals surface area contributed by atoms with Gasteiger partial charge in [0.1, 0.15) is 11.3 Å². The molecule has 0 aromatic carbocycles. The zero-order valence-electron chi connectivity index (χ0n) is 14.7. The lowest BCUT2D eigenvalue weighted by molar-refractivity contribution is -0.00177. The molecule has 0 fully saturated rings. The summed E-state index contributed by atoms with van der Waals surface area (Å²) in [5.74, 6) is -0.686. The number of aliphatic hydroxyl groups is 1. The van der Waals surface area contributed by atoms with Gasteiger partial charge in [0.05, 0.1) is 35.6 Å². The van der Waals surface area contributed by atoms with Gasteiger partial charge < -0.3 is 21.5 Å². The van der Waals surface area contributed by atoms with Crippen LogP contribution in [0.15, 0.2) is 29.2 Å². The van der Waals surface area contributed by atoms with E-state index in [1.54, 1.807) is 0 Å². The molecule has 1 amide bonds. The van der Waals surface area contributed by atoms with E-state index in [0.29, 0.717) is 0 Å². The van der Waals surface area contributed by atoms with E-state index in [1.165, 1.54) is 19.9 Å². The molecule has 1 unspecified atom stereocenters. The minimum atomic E-state index is -2.61. The maximum atomic E-state index is 13.8. The standard InChI is InChI=1S/C16H21ClF3N5O2/c1-16(2,27)12(18)7-24-15(26)10-6-23-13(17)3-11(10)25-9(4-21)5-22-8-14(19)20/h3-6,12,14,27H,7-8,21H2,1-2H3,(H,23,25)(H,24,26). The fraction of sp³-hybridized carbons (Fsp3) is 0.438. The number of rotatable bonds is 9. The molecule has 0 radical (unpaired) electrons. The number of allylic oxidation sites excluding steroid dienone is 1. The minimum Gasteiger partial charge on any atom is -0.403 e. The lowest BCUT2D eigenvalue weighted by Gasteiger charge is -2.22. The largest absolute Gasteiger partial charge is 0.403 e. The van der Waals surface area contributed by atoms with Crippen molar-refractivity contribution in [2.75, 3.05) is 18.4 Å². The molecule has 1 aromatic heterocycles. The number of alkyl halides is 3. The van der Waals surface area contributed by atoms with E-state index < -0.39 is 37.2 Å². The Bertz CT molecular complexity index is 708. The van der Waals surface area contributed by atoms with Crippen LogP contribution in [0.25, 0.3) is 0 Å². The van der Waals surface area contributed by atoms with E-state index >= 15 is 0 Å². The Morgan fingerprint density at radius 1 is 1.48 bits per heavy atom. The Morgan fingerprint density at radius 2 is 2.15 bits per heavy atom. The van der Waals surface area contributed by atoms with Gasteiger partial charge in [-0.15, -0.1) is 0 Å². The summed E-state index contributed by atoms with van der Waals surface area (Å²) in [5.41, 5.74) is 4.09. The minimum absolute atomic E-state index is 0.00366. The van der Waals surface area contributed by atoms with Gasteiger partial charge in [-0.05, 0) is 19.9 Å². The van der Waals surface area contributed by atoms with Crippen LogP contribution in [-0.2, 0) is 0 Å². The fourth-order valence-corrected chi connectivity index (χ4v) is 1.90. The molecule has 0 aliphatic heterocycles. The number of pyridine rings is 1. The number of hydrogen-bond donors (Lipinski definition) is 4. The average molecular weight is 408 g/mol. The first-order valence-electron chi connectivity index (χ1n) is 7.81. The van der Waals surface area contributed by atoms with Gasteiger partial charge in [-0.1, -0.05) is 11.6 Å². The van der Waals surface area contributed by atoms with Crippen LogP contribution < -0.4 is 16.4 Å². The smallest absolute Gasteiger partial charge is 0.257 e. The third kappa shape index (κ3) is 7.83. The predicted molar refractivity (Wildman–Crippen MR) is 98.0 cm³/mol. The molecule has 11 heteroatoms. The van der Waals surface area contributed by atoms with Gasteiger partial charge in [0.2, 0.25) is 0 Å². The van der Waals surface area contributed by atoms with E-state index in [4.69, 9.17) is 17.3 Å². The maximum absolute atomic E-state index is 13.8. The Hall–Kier alpha value is -2.33. The molecule has 0 saturated carbocycles. The van der Waals surface area contributed by atoms with Crippen molar-refractivity contribution >= 4 is 29.4 Å². The summed E-state index contributed by atoms with van der Waals surface area (Å²) in [4.78, 5) is 19.6. The van der Waals surface area contributed by atoms with Crippen LogP contribution in [0.4, 0.5) is 18.9 Å². The Labute approximate surface area is 159 Å². The summed E-state index contributed by atoms with van der Waals surface area (Å²) in [6.07, 6.45) is -1.01. The number of nitrogens with one attached hydrogen (secondary N) is 2. The van der Waals surface area contributed by atoms with Gasteiger partial charge in [-0.2, -0.15) is 0 Å². The van der Waals surface area contributed by atoms with Crippen LogP contribution in [0.1, 0.15) is 24.2 Å². The monoisotopic (exact) mass is 407 g/mol. The molecule has 0 saturated heterocycles. The number of aliphatic imine (C=N–C) groups is 1. The van der Waals surface area contributed by atoms with Crippen LogP contribution >= 0.6 is 11.6 Å². The summed E-state index contributed by atoms with van der Waals surface area (Å²) in [5, 5.41) is 14.7. The Balaban J connectivity index is 2.94. The Morgan fingerprint density at radius 3 is 2.70 bits per heavy atom. The molecular weight excluding hydrogens is 387 g/mol. The fourth-order valence-electron chi connectivity index (χ4n) is 1.74. The summed E-state index contributed by atoms with van der Waals surface area (Å²) in [7, 11) is 0. The van der Waals surface area contributed by atoms with E-state index in [-0.39, 0.29) is 22.1 Å². The van der Waals surface area contributed by atoms with E-state index in [1.807, 2.05) is 0 Å². The van der Waals surface area contributed by atoms with Gasteiger partial charge >= 0.3 is 0 Å². The Kier molecular flexibility index (Phi) is 8.51. The summed E-state index contributed by atoms with van der Waals surface area (Å²) in [6.45, 7) is 1.41. The highest BCUT2D eigenvalue weighted by molar-refractivity contribution is 6.29. The SMILES string of the molecule is CC(C)(O)C(F)CNC(=O)c1cnc(Cl)cc1NC(C=NCC(F)F)=CN. The zero-order chi connectivity index (χ0) is 20.6. The number of carbonyl (C=O) groups excluding carboxylic acids is 1. The lowest BCUT2D eigenvalue weighted by Crippen LogP contribution is -2.42. The molecular formula is C16H21ClF3N5O2. The van der Waals surface area contributed by atoms with Crippen molar-refractivity contribution < 1.29 is 23.1 Å². The molecule has 1 atom stereocenters. The second-order valence-electron chi connectivity index (χ2n) is 6.02. The molecule has 7 nitrogen and oxygen atoms in total. The lowest BCUT2D eigenvalue weighted by atomic mass is 10.0. The van der Waals surface area contributed by atoms with Crippen molar-refractivity contribution in [1.29, 1.82) is 0 Å². The number of nitrogens with two attached hydrogens (primary N) is 1. The van der Waals surface area contributed by atoms with Crippen LogP contribution in [0, 0.1) is 0 Å². The van der Waals surface area contributed by atoms with Crippen molar-refractivity contribution in [2.24, 2.45) is 10.7 Å². The average Bonchev–Trinajstić information content (AvgIpc) is 2.57. The molecule has 1 heterocycles.